The Hall–Kier alpha value is -5.55. The molecule has 11 nitrogen and oxygen atoms in total. The predicted octanol–water partition coefficient (Wildman–Crippen LogP) is 6.84. The Kier molecular flexibility index (Phi) is 10.1. The Morgan fingerprint density at radius 2 is 1.77 bits per heavy atom. The zero-order valence-corrected chi connectivity index (χ0v) is 26.8. The Morgan fingerprint density at radius 3 is 2.54 bits per heavy atom. The van der Waals surface area contributed by atoms with Gasteiger partial charge in [0.25, 0.3) is 0 Å². The van der Waals surface area contributed by atoms with Gasteiger partial charge in [-0.1, -0.05) is 41.9 Å². The van der Waals surface area contributed by atoms with Gasteiger partial charge in [0, 0.05) is 49.5 Å². The molecule has 12 heteroatoms. The number of aromatic amines is 1. The Morgan fingerprint density at radius 1 is 1.00 bits per heavy atom. The van der Waals surface area contributed by atoms with Crippen LogP contribution in [0.5, 0.6) is 11.5 Å². The lowest BCUT2D eigenvalue weighted by Gasteiger charge is -2.31. The van der Waals surface area contributed by atoms with E-state index in [4.69, 9.17) is 22.1 Å². The van der Waals surface area contributed by atoms with Gasteiger partial charge in [0.15, 0.2) is 5.78 Å². The van der Waals surface area contributed by atoms with Gasteiger partial charge in [-0.05, 0) is 62.1 Å². The number of nitrogens with two attached hydrogens (primary N) is 1. The van der Waals surface area contributed by atoms with E-state index >= 15 is 0 Å². The second kappa shape index (κ2) is 14.9. The number of para-hydroxylation sites is 3. The smallest absolute Gasteiger partial charge is 0.248 e. The van der Waals surface area contributed by atoms with E-state index in [1.165, 1.54) is 6.33 Å². The van der Waals surface area contributed by atoms with E-state index in [9.17, 15) is 14.4 Å². The maximum Gasteiger partial charge on any atom is 0.248 e. The molecule has 0 bridgehead atoms. The Labute approximate surface area is 282 Å². The maximum absolute atomic E-state index is 13.8. The van der Waals surface area contributed by atoms with Crippen molar-refractivity contribution >= 4 is 63.6 Å². The van der Waals surface area contributed by atoms with Gasteiger partial charge >= 0.3 is 0 Å². The number of nitrogens with one attached hydrogen (secondary N) is 2. The molecule has 0 unspecified atom stereocenters. The quantitative estimate of drug-likeness (QED) is 0.0600. The number of hydrogen-bond acceptors (Lipinski definition) is 8. The van der Waals surface area contributed by atoms with Crippen molar-refractivity contribution in [3.63, 3.8) is 0 Å². The molecule has 1 saturated heterocycles. The molecule has 48 heavy (non-hydrogen) atoms. The lowest BCUT2D eigenvalue weighted by Crippen LogP contribution is -2.36. The fraction of sp³-hybridized carbons (Fsp3) is 0.222. The van der Waals surface area contributed by atoms with Gasteiger partial charge < -0.3 is 25.7 Å². The van der Waals surface area contributed by atoms with Gasteiger partial charge in [-0.15, -0.1) is 0 Å². The molecule has 2 aromatic heterocycles. The minimum Gasteiger partial charge on any atom is -0.457 e. The second-order valence-electron chi connectivity index (χ2n) is 11.4. The minimum absolute atomic E-state index is 0.138. The number of benzene rings is 3. The third-order valence-electron chi connectivity index (χ3n) is 8.19. The number of aliphatic imine (C=N–C) groups is 1. The summed E-state index contributed by atoms with van der Waals surface area (Å²) >= 11 is 6.58. The van der Waals surface area contributed by atoms with Gasteiger partial charge in [0.05, 0.1) is 27.3 Å². The van der Waals surface area contributed by atoms with E-state index in [1.54, 1.807) is 48.8 Å². The number of piperidine rings is 1. The molecule has 0 spiro atoms. The predicted molar refractivity (Wildman–Crippen MR) is 187 cm³/mol. The van der Waals surface area contributed by atoms with E-state index in [0.717, 1.165) is 0 Å². The number of anilines is 3. The third-order valence-corrected chi connectivity index (χ3v) is 8.51. The number of aromatic nitrogens is 3. The van der Waals surface area contributed by atoms with Crippen LogP contribution < -0.4 is 20.7 Å². The van der Waals surface area contributed by atoms with Gasteiger partial charge in [-0.3, -0.25) is 14.4 Å². The van der Waals surface area contributed by atoms with Crippen LogP contribution in [0.4, 0.5) is 17.2 Å². The minimum atomic E-state index is -0.269. The summed E-state index contributed by atoms with van der Waals surface area (Å²) in [4.78, 5) is 57.0. The number of ketones is 1. The SMILES string of the molecule is Nc1ccccc1NC(=O)CCCC=NC(=O)C1CCN(c2ncnc3[nH]cc(C(=O)c4ccc(Oc5ccccc5)cc4Cl)c23)CC1. The first-order chi connectivity index (χ1) is 23.4. The number of halogens is 1. The molecule has 1 fully saturated rings. The molecule has 1 aliphatic heterocycles. The topological polar surface area (TPSA) is 156 Å². The number of nitrogen functional groups attached to an aromatic ring is 1. The highest BCUT2D eigenvalue weighted by Crippen LogP contribution is 2.34. The Bertz CT molecular complexity index is 1970. The highest BCUT2D eigenvalue weighted by atomic mass is 35.5. The van der Waals surface area contributed by atoms with Crippen molar-refractivity contribution in [3.8, 4) is 11.5 Å². The summed E-state index contributed by atoms with van der Waals surface area (Å²) < 4.78 is 5.86. The first-order valence-corrected chi connectivity index (χ1v) is 16.1. The highest BCUT2D eigenvalue weighted by molar-refractivity contribution is 6.35. The lowest BCUT2D eigenvalue weighted by molar-refractivity contribution is -0.122. The van der Waals surface area contributed by atoms with Crippen molar-refractivity contribution in [3.05, 3.63) is 101 Å². The number of carbonyl (C=O) groups is 3. The van der Waals surface area contributed by atoms with Crippen molar-refractivity contribution in [2.45, 2.75) is 32.1 Å². The molecule has 0 radical (unpaired) electrons. The number of carbonyl (C=O) groups excluding carboxylic acids is 3. The highest BCUT2D eigenvalue weighted by Gasteiger charge is 2.28. The number of rotatable bonds is 11. The summed E-state index contributed by atoms with van der Waals surface area (Å²) in [6.45, 7) is 1.12. The molecule has 3 aromatic carbocycles. The van der Waals surface area contributed by atoms with Crippen molar-refractivity contribution in [2.24, 2.45) is 10.9 Å². The fourth-order valence-electron chi connectivity index (χ4n) is 5.65. The average molecular weight is 664 g/mol. The number of fused-ring (bicyclic) bond motifs is 1. The third kappa shape index (κ3) is 7.53. The number of amides is 2. The molecule has 2 amide bonds. The second-order valence-corrected chi connectivity index (χ2v) is 11.9. The van der Waals surface area contributed by atoms with Crippen LogP contribution in [0.1, 0.15) is 48.0 Å². The van der Waals surface area contributed by atoms with Crippen molar-refractivity contribution in [1.82, 2.24) is 15.0 Å². The van der Waals surface area contributed by atoms with Gasteiger partial charge in [0.2, 0.25) is 11.8 Å². The standard InChI is InChI=1S/C36H34ClN7O4/c37-28-20-25(48-24-8-2-1-3-9-24)13-14-26(28)33(46)27-21-40-34-32(27)35(42-22-41-34)44-18-15-23(16-19-44)36(47)39-17-7-6-12-31(45)43-30-11-5-4-10-29(30)38/h1-5,8-11,13-14,17,20-23H,6-7,12,15-16,18-19,38H2,(H,43,45)(H,40,41,42). The van der Waals surface area contributed by atoms with Gasteiger partial charge in [-0.25, -0.2) is 15.0 Å². The zero-order valence-electron chi connectivity index (χ0n) is 26.1. The van der Waals surface area contributed by atoms with E-state index in [-0.39, 0.29) is 28.5 Å². The summed E-state index contributed by atoms with van der Waals surface area (Å²) in [5.41, 5.74) is 8.24. The van der Waals surface area contributed by atoms with E-state index < -0.39 is 0 Å². The molecule has 0 saturated carbocycles. The van der Waals surface area contributed by atoms with Crippen molar-refractivity contribution in [1.29, 1.82) is 0 Å². The number of nitrogens with zero attached hydrogens (tertiary/aromatic N) is 4. The van der Waals surface area contributed by atoms with Crippen LogP contribution in [0.2, 0.25) is 5.02 Å². The van der Waals surface area contributed by atoms with Crippen molar-refractivity contribution < 1.29 is 19.1 Å². The number of ether oxygens (including phenoxy) is 1. The van der Waals surface area contributed by atoms with E-state index in [1.807, 2.05) is 36.4 Å². The van der Waals surface area contributed by atoms with Crippen LogP contribution in [-0.4, -0.2) is 51.9 Å². The first kappa shape index (κ1) is 32.4. The normalized spacial score (nSPS) is 13.6. The van der Waals surface area contributed by atoms with Crippen LogP contribution in [-0.2, 0) is 9.59 Å². The maximum atomic E-state index is 13.8. The number of unbranched alkanes of at least 4 members (excludes halogenated alkanes) is 1. The molecule has 1 aliphatic rings. The largest absolute Gasteiger partial charge is 0.457 e. The van der Waals surface area contributed by atoms with Crippen molar-refractivity contribution in [2.75, 3.05) is 29.0 Å². The molecule has 6 rings (SSSR count). The number of hydrogen-bond donors (Lipinski definition) is 3. The van der Waals surface area contributed by atoms with E-state index in [0.29, 0.717) is 96.0 Å². The summed E-state index contributed by atoms with van der Waals surface area (Å²) in [5.74, 6) is 1.00. The van der Waals surface area contributed by atoms with Crippen LogP contribution in [0, 0.1) is 5.92 Å². The van der Waals surface area contributed by atoms with Crippen LogP contribution in [0.3, 0.4) is 0 Å². The van der Waals surface area contributed by atoms with E-state index in [2.05, 4.69) is 30.2 Å². The fourth-order valence-corrected chi connectivity index (χ4v) is 5.91. The average Bonchev–Trinajstić information content (AvgIpc) is 3.54. The molecule has 4 N–H and O–H groups in total. The molecule has 0 atom stereocenters. The monoisotopic (exact) mass is 663 g/mol. The summed E-state index contributed by atoms with van der Waals surface area (Å²) in [5, 5.41) is 3.67. The Balaban J connectivity index is 1.05. The number of H-pyrrole nitrogens is 1. The van der Waals surface area contributed by atoms with Crippen LogP contribution in [0.15, 0.2) is 90.3 Å². The molecule has 3 heterocycles. The summed E-state index contributed by atoms with van der Waals surface area (Å²) in [6, 6.07) is 21.4. The molecule has 0 aliphatic carbocycles. The molecule has 5 aromatic rings. The van der Waals surface area contributed by atoms with Crippen LogP contribution >= 0.6 is 11.6 Å². The zero-order chi connectivity index (χ0) is 33.5. The first-order valence-electron chi connectivity index (χ1n) is 15.7. The molecular weight excluding hydrogens is 630 g/mol. The molecule has 244 valence electrons. The summed E-state index contributed by atoms with van der Waals surface area (Å²) in [7, 11) is 0. The van der Waals surface area contributed by atoms with Gasteiger partial charge in [-0.2, -0.15) is 0 Å². The van der Waals surface area contributed by atoms with Crippen LogP contribution in [0.25, 0.3) is 11.0 Å². The summed E-state index contributed by atoms with van der Waals surface area (Å²) in [6.07, 6.45) is 7.23. The molecular formula is C36H34ClN7O4. The lowest BCUT2D eigenvalue weighted by atomic mass is 9.95. The van der Waals surface area contributed by atoms with Gasteiger partial charge in [0.1, 0.15) is 29.3 Å².